The second kappa shape index (κ2) is 6.25. The van der Waals surface area contributed by atoms with Crippen LogP contribution < -0.4 is 15.3 Å². The zero-order valence-corrected chi connectivity index (χ0v) is 14.3. The maximum Gasteiger partial charge on any atom is 0.242 e. The largest absolute Gasteiger partial charge is 0.273 e. The summed E-state index contributed by atoms with van der Waals surface area (Å²) in [6, 6.07) is 14.0. The van der Waals surface area contributed by atoms with Gasteiger partial charge in [0.1, 0.15) is 14.3 Å². The molecule has 2 radical (unpaired) electrons. The first-order valence-electron chi connectivity index (χ1n) is 6.78. The fourth-order valence-corrected chi connectivity index (χ4v) is 3.19. The highest BCUT2D eigenvalue weighted by atomic mass is 79.9. The number of rotatable bonds is 2. The second-order valence-corrected chi connectivity index (χ2v) is 6.27. The molecule has 1 heterocycles. The average Bonchev–Trinajstić information content (AvgIpc) is 2.47. The number of anilines is 2. The minimum absolute atomic E-state index is 0.120. The normalized spacial score (nSPS) is 15.3. The van der Waals surface area contributed by atoms with Crippen molar-refractivity contribution in [2.45, 2.75) is 6.42 Å². The Kier molecular flexibility index (Phi) is 4.32. The molecule has 0 aromatic heterocycles. The van der Waals surface area contributed by atoms with Crippen molar-refractivity contribution in [2.24, 2.45) is 0 Å². The summed E-state index contributed by atoms with van der Waals surface area (Å²) in [7, 11) is 5.78. The summed E-state index contributed by atoms with van der Waals surface area (Å²) in [5.41, 5.74) is 1.67. The van der Waals surface area contributed by atoms with Crippen LogP contribution in [0.2, 0.25) is 0 Å². The summed E-state index contributed by atoms with van der Waals surface area (Å²) < 4.78 is 0.818. The monoisotopic (exact) mass is 384 g/mol. The van der Waals surface area contributed by atoms with E-state index in [1.165, 1.54) is 9.80 Å². The van der Waals surface area contributed by atoms with Crippen molar-refractivity contribution in [2.75, 3.05) is 9.80 Å². The molecule has 0 N–H and O–H groups in total. The molecule has 1 aliphatic heterocycles. The van der Waals surface area contributed by atoms with Gasteiger partial charge in [0.15, 0.2) is 5.11 Å². The van der Waals surface area contributed by atoms with Crippen molar-refractivity contribution >= 4 is 69.8 Å². The Morgan fingerprint density at radius 3 is 2.09 bits per heavy atom. The fraction of sp³-hybridized carbons (Fsp3) is 0.0625. The van der Waals surface area contributed by atoms with Gasteiger partial charge in [0.2, 0.25) is 11.8 Å². The molecule has 0 unspecified atom stereocenters. The first-order chi connectivity index (χ1) is 11.0. The van der Waals surface area contributed by atoms with Crippen molar-refractivity contribution in [3.63, 3.8) is 0 Å². The summed E-state index contributed by atoms with van der Waals surface area (Å²) in [4.78, 5) is 27.3. The van der Waals surface area contributed by atoms with Crippen LogP contribution in [0.5, 0.6) is 0 Å². The van der Waals surface area contributed by atoms with Gasteiger partial charge in [0.05, 0.1) is 11.4 Å². The van der Waals surface area contributed by atoms with E-state index in [2.05, 4.69) is 15.9 Å². The molecule has 0 bridgehead atoms. The number of amides is 2. The molecule has 3 rings (SSSR count). The van der Waals surface area contributed by atoms with Gasteiger partial charge in [-0.1, -0.05) is 39.6 Å². The molecular weight excluding hydrogens is 375 g/mol. The van der Waals surface area contributed by atoms with Crippen molar-refractivity contribution < 1.29 is 9.59 Å². The maximum absolute atomic E-state index is 12.3. The van der Waals surface area contributed by atoms with Crippen LogP contribution in [0.4, 0.5) is 11.4 Å². The van der Waals surface area contributed by atoms with E-state index in [9.17, 15) is 9.59 Å². The van der Waals surface area contributed by atoms with Gasteiger partial charge in [0.25, 0.3) is 0 Å². The third kappa shape index (κ3) is 3.07. The topological polar surface area (TPSA) is 40.6 Å². The number of hydrogen-bond acceptors (Lipinski definition) is 3. The van der Waals surface area contributed by atoms with Gasteiger partial charge < -0.3 is 0 Å². The third-order valence-electron chi connectivity index (χ3n) is 3.38. The van der Waals surface area contributed by atoms with Crippen LogP contribution >= 0.6 is 28.1 Å². The highest BCUT2D eigenvalue weighted by Gasteiger charge is 2.36. The van der Waals surface area contributed by atoms with Gasteiger partial charge in [-0.3, -0.25) is 19.4 Å². The number of carbonyl (C=O) groups excluding carboxylic acids is 2. The molecule has 4 nitrogen and oxygen atoms in total. The van der Waals surface area contributed by atoms with E-state index < -0.39 is 0 Å². The third-order valence-corrected chi connectivity index (χ3v) is 4.24. The van der Waals surface area contributed by atoms with Crippen LogP contribution in [-0.4, -0.2) is 24.8 Å². The molecular formula is C16H10BBrN2O2S. The lowest BCUT2D eigenvalue weighted by Gasteiger charge is -2.35. The lowest BCUT2D eigenvalue weighted by atomic mass is 9.95. The smallest absolute Gasteiger partial charge is 0.242 e. The van der Waals surface area contributed by atoms with Gasteiger partial charge >= 0.3 is 0 Å². The summed E-state index contributed by atoms with van der Waals surface area (Å²) in [5.74, 6) is -0.713. The summed E-state index contributed by atoms with van der Waals surface area (Å²) in [5, 5.41) is 0.120. The highest BCUT2D eigenvalue weighted by Crippen LogP contribution is 2.27. The van der Waals surface area contributed by atoms with Crippen LogP contribution in [0.3, 0.4) is 0 Å². The van der Waals surface area contributed by atoms with Crippen LogP contribution in [0.25, 0.3) is 0 Å². The first-order valence-corrected chi connectivity index (χ1v) is 7.98. The lowest BCUT2D eigenvalue weighted by Crippen LogP contribution is -2.55. The Bertz CT molecular complexity index is 762. The van der Waals surface area contributed by atoms with Gasteiger partial charge in [-0.05, 0) is 42.5 Å². The van der Waals surface area contributed by atoms with Gasteiger partial charge in [0, 0.05) is 4.47 Å². The van der Waals surface area contributed by atoms with Crippen molar-refractivity contribution in [3.8, 4) is 0 Å². The number of hydrogen-bond donors (Lipinski definition) is 0. The molecule has 1 fully saturated rings. The van der Waals surface area contributed by atoms with Gasteiger partial charge in [-0.25, -0.2) is 0 Å². The average molecular weight is 385 g/mol. The number of halogens is 1. The number of carbonyl (C=O) groups is 2. The standard InChI is InChI=1S/C16H10BBrN2O2S/c17-10-3-1-5-12(7-10)19-14(21)9-15(22)20(16(19)23)13-6-2-4-11(18)8-13/h1-8H,9H2. The Hall–Kier alpha value is -1.99. The fourth-order valence-electron chi connectivity index (χ4n) is 2.39. The maximum atomic E-state index is 12.3. The molecule has 0 saturated carbocycles. The van der Waals surface area contributed by atoms with Crippen molar-refractivity contribution in [1.82, 2.24) is 0 Å². The quantitative estimate of drug-likeness (QED) is 0.453. The minimum Gasteiger partial charge on any atom is -0.273 e. The zero-order chi connectivity index (χ0) is 16.6. The zero-order valence-electron chi connectivity index (χ0n) is 11.9. The molecule has 0 aliphatic carbocycles. The van der Waals surface area contributed by atoms with Crippen LogP contribution in [0.1, 0.15) is 6.42 Å². The Morgan fingerprint density at radius 1 is 0.957 bits per heavy atom. The number of thiocarbonyl (C=S) groups is 1. The van der Waals surface area contributed by atoms with Gasteiger partial charge in [-0.2, -0.15) is 0 Å². The molecule has 1 saturated heterocycles. The Morgan fingerprint density at radius 2 is 1.52 bits per heavy atom. The van der Waals surface area contributed by atoms with Crippen LogP contribution in [-0.2, 0) is 9.59 Å². The van der Waals surface area contributed by atoms with E-state index in [-0.39, 0.29) is 23.3 Å². The molecule has 2 aromatic rings. The van der Waals surface area contributed by atoms with E-state index >= 15 is 0 Å². The van der Waals surface area contributed by atoms with Crippen LogP contribution in [0, 0.1) is 0 Å². The SMILES string of the molecule is [B]c1cccc(N2C(=O)CC(=O)N(c3cccc(Br)c3)C2=S)c1. The molecule has 23 heavy (non-hydrogen) atoms. The lowest BCUT2D eigenvalue weighted by molar-refractivity contribution is -0.126. The molecule has 7 heteroatoms. The summed E-state index contributed by atoms with van der Waals surface area (Å²) in [6.07, 6.45) is -0.249. The molecule has 0 spiro atoms. The Labute approximate surface area is 148 Å². The Balaban J connectivity index is 2.04. The molecule has 2 aromatic carbocycles. The minimum atomic E-state index is -0.364. The highest BCUT2D eigenvalue weighted by molar-refractivity contribution is 9.10. The van der Waals surface area contributed by atoms with E-state index in [1.807, 2.05) is 6.07 Å². The van der Waals surface area contributed by atoms with Crippen LogP contribution in [0.15, 0.2) is 53.0 Å². The van der Waals surface area contributed by atoms with Crippen molar-refractivity contribution in [3.05, 3.63) is 53.0 Å². The molecule has 1 aliphatic rings. The summed E-state index contributed by atoms with van der Waals surface area (Å²) >= 11 is 8.78. The molecule has 2 amide bonds. The van der Waals surface area contributed by atoms with E-state index in [0.29, 0.717) is 16.8 Å². The van der Waals surface area contributed by atoms with E-state index in [0.717, 1.165) is 4.47 Å². The molecule has 112 valence electrons. The predicted molar refractivity (Wildman–Crippen MR) is 98.2 cm³/mol. The van der Waals surface area contributed by atoms with Gasteiger partial charge in [-0.15, -0.1) is 0 Å². The number of nitrogens with zero attached hydrogens (tertiary/aromatic N) is 2. The van der Waals surface area contributed by atoms with E-state index in [1.54, 1.807) is 42.5 Å². The van der Waals surface area contributed by atoms with Crippen molar-refractivity contribution in [1.29, 1.82) is 0 Å². The number of benzene rings is 2. The first kappa shape index (κ1) is 15.9. The summed E-state index contributed by atoms with van der Waals surface area (Å²) in [6.45, 7) is 0. The van der Waals surface area contributed by atoms with E-state index in [4.69, 9.17) is 20.1 Å². The predicted octanol–water partition coefficient (Wildman–Crippen LogP) is 2.30. The second-order valence-electron chi connectivity index (χ2n) is 4.99. The molecule has 0 atom stereocenters.